The number of hydrogen-bond acceptors (Lipinski definition) is 8. The van der Waals surface area contributed by atoms with E-state index < -0.39 is 35.0 Å². The number of halogens is 4. The van der Waals surface area contributed by atoms with Crippen LogP contribution in [0.25, 0.3) is 0 Å². The third kappa shape index (κ3) is 5.14. The Balaban J connectivity index is 0.000000234. The van der Waals surface area contributed by atoms with Gasteiger partial charge in [0.05, 0.1) is 52.9 Å². The second-order valence-electron chi connectivity index (χ2n) is 8.67. The van der Waals surface area contributed by atoms with E-state index in [9.17, 15) is 17.6 Å². The maximum Gasteiger partial charge on any atom is 0.361 e. The smallest absolute Gasteiger partial charge is 0.342 e. The molecule has 5 fully saturated rings. The van der Waals surface area contributed by atoms with E-state index in [4.69, 9.17) is 37.9 Å². The van der Waals surface area contributed by atoms with Gasteiger partial charge in [-0.3, -0.25) is 0 Å². The minimum atomic E-state index is -3.37. The van der Waals surface area contributed by atoms with E-state index in [1.165, 1.54) is 0 Å². The molecule has 40 heavy (non-hydrogen) atoms. The predicted molar refractivity (Wildman–Crippen MR) is 132 cm³/mol. The summed E-state index contributed by atoms with van der Waals surface area (Å²) >= 11 is 0. The van der Waals surface area contributed by atoms with E-state index in [0.717, 1.165) is 0 Å². The van der Waals surface area contributed by atoms with Crippen molar-refractivity contribution in [2.45, 2.75) is 95.8 Å². The van der Waals surface area contributed by atoms with Crippen LogP contribution in [0, 0.1) is 37.7 Å². The van der Waals surface area contributed by atoms with Crippen molar-refractivity contribution in [3.05, 3.63) is 23.3 Å². The first-order valence-electron chi connectivity index (χ1n) is 14.0. The van der Waals surface area contributed by atoms with E-state index in [1.54, 1.807) is 12.2 Å². The first-order valence-corrected chi connectivity index (χ1v) is 14.0. The van der Waals surface area contributed by atoms with Crippen LogP contribution in [-0.2, 0) is 37.9 Å². The maximum absolute atomic E-state index is 14.8. The molecule has 8 nitrogen and oxygen atoms in total. The summed E-state index contributed by atoms with van der Waals surface area (Å²) in [6.45, 7) is 13.4. The molecule has 0 unspecified atom stereocenters. The Hall–Kier alpha value is 0.140. The van der Waals surface area contributed by atoms with Crippen molar-refractivity contribution in [2.24, 2.45) is 0 Å². The Kier molecular flexibility index (Phi) is 13.0. The summed E-state index contributed by atoms with van der Waals surface area (Å²) in [4.78, 5) is 0. The van der Waals surface area contributed by atoms with Crippen LogP contribution in [0.4, 0.5) is 17.6 Å². The molecule has 0 radical (unpaired) electrons. The SMILES string of the molecule is CC.CC.CC.FC1(F)C2(CCC13OCCO3)OCCO2.FC1(F)C2(OCCO2)C2=C(CC=C2)C12OCCO2.[Ar]. The molecule has 0 aromatic rings. The van der Waals surface area contributed by atoms with Gasteiger partial charge in [0.1, 0.15) is 0 Å². The zero-order valence-electron chi connectivity index (χ0n) is 24.1. The molecule has 13 heteroatoms. The minimum Gasteiger partial charge on any atom is -0.342 e. The van der Waals surface area contributed by atoms with Gasteiger partial charge < -0.3 is 37.9 Å². The first-order chi connectivity index (χ1) is 18.8. The van der Waals surface area contributed by atoms with E-state index >= 15 is 0 Å². The summed E-state index contributed by atoms with van der Waals surface area (Å²) < 4.78 is 99.4. The topological polar surface area (TPSA) is 73.8 Å². The molecule has 0 N–H and O–H groups in total. The van der Waals surface area contributed by atoms with Crippen molar-refractivity contribution in [3.8, 4) is 0 Å². The zero-order valence-corrected chi connectivity index (χ0v) is 24.8. The van der Waals surface area contributed by atoms with E-state index in [0.29, 0.717) is 17.6 Å². The number of alkyl halides is 4. The number of fused-ring (bicyclic) bond motifs is 2. The van der Waals surface area contributed by atoms with Gasteiger partial charge in [0.2, 0.25) is 11.6 Å². The fourth-order valence-electron chi connectivity index (χ4n) is 5.71. The Morgan fingerprint density at radius 1 is 0.525 bits per heavy atom. The minimum absolute atomic E-state index is 0. The second kappa shape index (κ2) is 14.3. The first kappa shape index (κ1) is 36.3. The average molecular weight is 611 g/mol. The maximum atomic E-state index is 14.8. The van der Waals surface area contributed by atoms with Gasteiger partial charge in [0, 0.05) is 61.7 Å². The Morgan fingerprint density at radius 3 is 1.27 bits per heavy atom. The van der Waals surface area contributed by atoms with Gasteiger partial charge in [0.15, 0.2) is 0 Å². The summed E-state index contributed by atoms with van der Waals surface area (Å²) in [5.41, 5.74) is 0.804. The summed E-state index contributed by atoms with van der Waals surface area (Å²) in [6.07, 6.45) is 4.05. The van der Waals surface area contributed by atoms with Crippen LogP contribution in [0.5, 0.6) is 0 Å². The van der Waals surface area contributed by atoms with Crippen LogP contribution < -0.4 is 0 Å². The van der Waals surface area contributed by atoms with Crippen molar-refractivity contribution in [3.63, 3.8) is 0 Å². The number of rotatable bonds is 0. The van der Waals surface area contributed by atoms with Gasteiger partial charge in [-0.15, -0.1) is 0 Å². The molecular weight excluding hydrogens is 568 g/mol. The molecule has 234 valence electrons. The van der Waals surface area contributed by atoms with Crippen LogP contribution in [0.1, 0.15) is 60.8 Å². The Bertz CT molecular complexity index is 848. The molecule has 0 bridgehead atoms. The monoisotopic (exact) mass is 610 g/mol. The van der Waals surface area contributed by atoms with Crippen molar-refractivity contribution < 1.29 is 93.2 Å². The van der Waals surface area contributed by atoms with Crippen molar-refractivity contribution in [2.75, 3.05) is 52.9 Å². The Labute approximate surface area is 264 Å². The van der Waals surface area contributed by atoms with Gasteiger partial charge in [0.25, 0.3) is 11.6 Å². The van der Waals surface area contributed by atoms with Crippen LogP contribution in [0.3, 0.4) is 0 Å². The third-order valence-electron chi connectivity index (χ3n) is 7.15. The summed E-state index contributed by atoms with van der Waals surface area (Å²) in [5, 5.41) is 0. The molecule has 0 aromatic heterocycles. The summed E-state index contributed by atoms with van der Waals surface area (Å²) in [5.74, 6) is -14.3. The average Bonchev–Trinajstić information content (AvgIpc) is 3.81. The Morgan fingerprint density at radius 2 is 0.875 bits per heavy atom. The molecular formula is C27H42ArF4O8. The quantitative estimate of drug-likeness (QED) is 0.340. The molecule has 7 rings (SSSR count). The van der Waals surface area contributed by atoms with Crippen LogP contribution in [0.2, 0.25) is 0 Å². The molecule has 4 aliphatic heterocycles. The van der Waals surface area contributed by atoms with E-state index in [-0.39, 0.29) is 103 Å². The van der Waals surface area contributed by atoms with Gasteiger partial charge in [-0.1, -0.05) is 53.7 Å². The standard InChI is InChI=1S/C12H12F2O4.C9H12F2O4.3C2H6.Ar/c13-12(14)10(15-4-5-16-10)8-2-1-3-9(8)11(12)17-6-7-18-11;10-9(11)7(12-3-4-13-7)1-2-8(9)14-5-6-15-8;3*1-2;/h1-2H,3-7H2;1-6H2;3*1-2H3;. The molecule has 4 saturated heterocycles. The zero-order chi connectivity index (χ0) is 29.0. The van der Waals surface area contributed by atoms with Crippen LogP contribution >= 0.6 is 0 Å². The summed E-state index contributed by atoms with van der Waals surface area (Å²) in [7, 11) is 0. The fraction of sp³-hybridized carbons (Fsp3) is 0.852. The second-order valence-corrected chi connectivity index (χ2v) is 8.67. The molecule has 0 atom stereocenters. The van der Waals surface area contributed by atoms with Crippen molar-refractivity contribution >= 4 is 0 Å². The predicted octanol–water partition coefficient (Wildman–Crippen LogP) is 5.36. The van der Waals surface area contributed by atoms with E-state index in [2.05, 4.69) is 0 Å². The molecule has 3 aliphatic carbocycles. The van der Waals surface area contributed by atoms with Crippen molar-refractivity contribution in [1.82, 2.24) is 0 Å². The normalized spacial score (nSPS) is 29.1. The van der Waals surface area contributed by atoms with Gasteiger partial charge in [-0.05, 0) is 6.42 Å². The number of ether oxygens (including phenoxy) is 8. The van der Waals surface area contributed by atoms with Gasteiger partial charge in [-0.25, -0.2) is 0 Å². The van der Waals surface area contributed by atoms with Gasteiger partial charge >= 0.3 is 11.8 Å². The molecule has 0 amide bonds. The van der Waals surface area contributed by atoms with Crippen LogP contribution in [0.15, 0.2) is 23.3 Å². The summed E-state index contributed by atoms with van der Waals surface area (Å²) in [6, 6.07) is 0. The number of allylic oxidation sites excluding steroid dienone is 1. The molecule has 4 heterocycles. The molecule has 0 aromatic carbocycles. The van der Waals surface area contributed by atoms with Gasteiger partial charge in [-0.2, -0.15) is 17.6 Å². The van der Waals surface area contributed by atoms with E-state index in [1.807, 2.05) is 41.5 Å². The third-order valence-corrected chi connectivity index (χ3v) is 7.15. The number of hydrogen-bond donors (Lipinski definition) is 0. The fourth-order valence-corrected chi connectivity index (χ4v) is 5.71. The van der Waals surface area contributed by atoms with Crippen molar-refractivity contribution in [1.29, 1.82) is 0 Å². The molecule has 4 spiro atoms. The molecule has 1 saturated carbocycles. The largest absolute Gasteiger partial charge is 0.361 e. The molecule has 7 aliphatic rings. The van der Waals surface area contributed by atoms with Crippen LogP contribution in [-0.4, -0.2) is 87.8 Å².